The van der Waals surface area contributed by atoms with Crippen LogP contribution in [0.4, 0.5) is 10.1 Å². The number of benzene rings is 2. The monoisotopic (exact) mass is 518 g/mol. The van der Waals surface area contributed by atoms with Crippen LogP contribution in [-0.4, -0.2) is 23.7 Å². The number of ether oxygens (including phenoxy) is 1. The molecule has 1 aliphatic heterocycles. The van der Waals surface area contributed by atoms with Gasteiger partial charge in [-0.3, -0.25) is 0 Å². The normalized spacial score (nSPS) is 22.7. The van der Waals surface area contributed by atoms with Gasteiger partial charge in [-0.05, 0) is 68.9 Å². The number of rotatable bonds is 4. The lowest BCUT2D eigenvalue weighted by Gasteiger charge is -2.40. The van der Waals surface area contributed by atoms with Crippen molar-refractivity contribution in [1.29, 1.82) is 5.26 Å². The fraction of sp³-hybridized carbons (Fsp3) is 0.500. The van der Waals surface area contributed by atoms with Gasteiger partial charge in [-0.1, -0.05) is 62.2 Å². The molecule has 0 aromatic heterocycles. The number of carbonyl (C=O) groups is 1. The van der Waals surface area contributed by atoms with Gasteiger partial charge in [0.05, 0.1) is 22.8 Å². The zero-order valence-electron chi connectivity index (χ0n) is 21.4. The number of halogens is 3. The van der Waals surface area contributed by atoms with Crippen LogP contribution in [0.2, 0.25) is 10.0 Å². The van der Waals surface area contributed by atoms with Gasteiger partial charge in [-0.15, -0.1) is 0 Å². The van der Waals surface area contributed by atoms with Gasteiger partial charge in [-0.25, -0.2) is 9.18 Å². The maximum atomic E-state index is 15.5. The smallest absolute Gasteiger partial charge is 0.329 e. The lowest BCUT2D eigenvalue weighted by atomic mass is 9.70. The summed E-state index contributed by atoms with van der Waals surface area (Å²) in [4.78, 5) is 15.3. The Hall–Kier alpha value is -2.29. The van der Waals surface area contributed by atoms with Gasteiger partial charge in [0, 0.05) is 11.4 Å². The molecule has 188 valence electrons. The molecule has 1 heterocycles. The topological polar surface area (TPSA) is 53.3 Å². The van der Waals surface area contributed by atoms with E-state index >= 15 is 4.39 Å². The van der Waals surface area contributed by atoms with Crippen LogP contribution in [0.3, 0.4) is 0 Å². The average molecular weight is 519 g/mol. The van der Waals surface area contributed by atoms with Crippen molar-refractivity contribution in [3.05, 3.63) is 63.4 Å². The summed E-state index contributed by atoms with van der Waals surface area (Å²) in [6.07, 6.45) is 0.666. The van der Waals surface area contributed by atoms with E-state index in [4.69, 9.17) is 27.9 Å². The second-order valence-corrected chi connectivity index (χ2v) is 12.4. The molecule has 7 heteroatoms. The molecule has 0 radical (unpaired) electrons. The Balaban J connectivity index is 2.31. The number of aryl methyl sites for hydroxylation is 1. The lowest BCUT2D eigenvalue weighted by Crippen LogP contribution is -2.48. The number of hydrogen-bond acceptors (Lipinski definition) is 4. The fourth-order valence-electron chi connectivity index (χ4n) is 4.86. The molecule has 0 bridgehead atoms. The average Bonchev–Trinajstić information content (AvgIpc) is 3.04. The highest BCUT2D eigenvalue weighted by atomic mass is 35.5. The zero-order valence-corrected chi connectivity index (χ0v) is 22.9. The Morgan fingerprint density at radius 2 is 1.83 bits per heavy atom. The highest BCUT2D eigenvalue weighted by Crippen LogP contribution is 2.50. The van der Waals surface area contributed by atoms with E-state index in [0.717, 1.165) is 11.1 Å². The van der Waals surface area contributed by atoms with Gasteiger partial charge in [-0.2, -0.15) is 5.26 Å². The quantitative estimate of drug-likeness (QED) is 0.390. The minimum atomic E-state index is -1.11. The van der Waals surface area contributed by atoms with Gasteiger partial charge >= 0.3 is 5.97 Å². The summed E-state index contributed by atoms with van der Waals surface area (Å²) in [5, 5.41) is 11.3. The summed E-state index contributed by atoms with van der Waals surface area (Å²) in [5.41, 5.74) is -0.331. The summed E-state index contributed by atoms with van der Waals surface area (Å²) in [6.45, 7) is 13.4. The molecule has 35 heavy (non-hydrogen) atoms. The first-order valence-electron chi connectivity index (χ1n) is 11.7. The maximum absolute atomic E-state index is 15.5. The van der Waals surface area contributed by atoms with E-state index in [0.29, 0.717) is 11.4 Å². The van der Waals surface area contributed by atoms with Crippen molar-refractivity contribution >= 4 is 34.9 Å². The number of anilines is 1. The van der Waals surface area contributed by atoms with Crippen LogP contribution in [0.5, 0.6) is 0 Å². The van der Waals surface area contributed by atoms with E-state index < -0.39 is 34.9 Å². The van der Waals surface area contributed by atoms with Crippen LogP contribution >= 0.6 is 23.2 Å². The van der Waals surface area contributed by atoms with E-state index in [-0.39, 0.29) is 22.5 Å². The van der Waals surface area contributed by atoms with E-state index in [2.05, 4.69) is 26.8 Å². The Morgan fingerprint density at radius 1 is 1.17 bits per heavy atom. The second kappa shape index (κ2) is 9.64. The number of nitrogens with zero attached hydrogens (tertiary/aromatic N) is 2. The molecule has 2 aromatic carbocycles. The third-order valence-corrected chi connectivity index (χ3v) is 7.04. The largest absolute Gasteiger partial charge is 0.458 e. The molecule has 3 rings (SSSR count). The Labute approximate surface area is 218 Å². The Bertz CT molecular complexity index is 1160. The van der Waals surface area contributed by atoms with Crippen LogP contribution in [-0.2, 0) is 14.9 Å². The first kappa shape index (κ1) is 27.3. The highest BCUT2D eigenvalue weighted by molar-refractivity contribution is 6.31. The summed E-state index contributed by atoms with van der Waals surface area (Å²) in [6, 6.07) is 11.4. The molecule has 1 aliphatic rings. The van der Waals surface area contributed by atoms with Crippen LogP contribution in [0, 0.1) is 29.5 Å². The van der Waals surface area contributed by atoms with Crippen LogP contribution < -0.4 is 4.90 Å². The van der Waals surface area contributed by atoms with Gasteiger partial charge in [0.2, 0.25) is 0 Å². The molecule has 3 unspecified atom stereocenters. The molecule has 1 saturated heterocycles. The van der Waals surface area contributed by atoms with Crippen LogP contribution in [0.15, 0.2) is 36.4 Å². The molecule has 0 N–H and O–H groups in total. The molecule has 0 spiro atoms. The number of nitriles is 1. The van der Waals surface area contributed by atoms with Crippen LogP contribution in [0.1, 0.15) is 65.5 Å². The van der Waals surface area contributed by atoms with Crippen molar-refractivity contribution in [1.82, 2.24) is 0 Å². The maximum Gasteiger partial charge on any atom is 0.329 e. The van der Waals surface area contributed by atoms with Crippen molar-refractivity contribution in [2.45, 2.75) is 84.4 Å². The first-order valence-corrected chi connectivity index (χ1v) is 12.5. The molecular weight excluding hydrogens is 486 g/mol. The molecular formula is C28H33Cl2FN2O2. The summed E-state index contributed by atoms with van der Waals surface area (Å²) in [5.74, 6) is -1.12. The van der Waals surface area contributed by atoms with Crippen molar-refractivity contribution in [3.8, 4) is 6.07 Å². The van der Waals surface area contributed by atoms with Crippen molar-refractivity contribution in [2.75, 3.05) is 4.90 Å². The molecule has 0 amide bonds. The van der Waals surface area contributed by atoms with E-state index in [1.807, 2.05) is 19.1 Å². The number of carbonyl (C=O) groups excluding carboxylic acids is 1. The third-order valence-electron chi connectivity index (χ3n) is 6.32. The fourth-order valence-corrected chi connectivity index (χ4v) is 5.15. The lowest BCUT2D eigenvalue weighted by molar-refractivity contribution is -0.156. The van der Waals surface area contributed by atoms with E-state index in [1.54, 1.807) is 43.9 Å². The summed E-state index contributed by atoms with van der Waals surface area (Å²) >= 11 is 12.5. The van der Waals surface area contributed by atoms with E-state index in [1.165, 1.54) is 6.07 Å². The standard InChI is InChI=1S/C28H33Cl2FN2O2/c1-17-13-18(11-12-19(17)29)28(16-32)14-22(25(34)35-27(5,6)7)33(23(28)15-26(2,3)4)21-10-8-9-20(30)24(21)31/h8-13,22-23H,14-15H2,1-7H3. The van der Waals surface area contributed by atoms with Crippen molar-refractivity contribution in [2.24, 2.45) is 5.41 Å². The molecule has 1 fully saturated rings. The number of hydrogen-bond donors (Lipinski definition) is 0. The predicted molar refractivity (Wildman–Crippen MR) is 139 cm³/mol. The molecule has 3 atom stereocenters. The second-order valence-electron chi connectivity index (χ2n) is 11.6. The first-order chi connectivity index (χ1) is 16.1. The van der Waals surface area contributed by atoms with E-state index in [9.17, 15) is 10.1 Å². The Morgan fingerprint density at radius 3 is 2.37 bits per heavy atom. The van der Waals surface area contributed by atoms with Gasteiger partial charge in [0.25, 0.3) is 0 Å². The minimum Gasteiger partial charge on any atom is -0.458 e. The van der Waals surface area contributed by atoms with Crippen LogP contribution in [0.25, 0.3) is 0 Å². The minimum absolute atomic E-state index is 0.0447. The highest BCUT2D eigenvalue weighted by Gasteiger charge is 2.58. The van der Waals surface area contributed by atoms with Gasteiger partial charge < -0.3 is 9.64 Å². The third kappa shape index (κ3) is 5.60. The molecule has 2 aromatic rings. The van der Waals surface area contributed by atoms with Crippen molar-refractivity contribution in [3.63, 3.8) is 0 Å². The predicted octanol–water partition coefficient (Wildman–Crippen LogP) is 7.63. The number of esters is 1. The SMILES string of the molecule is Cc1cc(C2(C#N)CC(C(=O)OC(C)(C)C)N(c3cccc(Cl)c3F)C2CC(C)(C)C)ccc1Cl. The van der Waals surface area contributed by atoms with Gasteiger partial charge in [0.15, 0.2) is 5.82 Å². The molecule has 0 saturated carbocycles. The Kier molecular flexibility index (Phi) is 7.52. The summed E-state index contributed by atoms with van der Waals surface area (Å²) in [7, 11) is 0. The van der Waals surface area contributed by atoms with Gasteiger partial charge in [0.1, 0.15) is 17.1 Å². The van der Waals surface area contributed by atoms with Crippen molar-refractivity contribution < 1.29 is 13.9 Å². The molecule has 4 nitrogen and oxygen atoms in total. The molecule has 0 aliphatic carbocycles. The summed E-state index contributed by atoms with van der Waals surface area (Å²) < 4.78 is 21.3. The zero-order chi connectivity index (χ0) is 26.3.